The number of rotatable bonds is 4. The lowest BCUT2D eigenvalue weighted by Gasteiger charge is -2.14. The molecule has 0 radical (unpaired) electrons. The van der Waals surface area contributed by atoms with Crippen LogP contribution in [0.5, 0.6) is 0 Å². The Labute approximate surface area is 59.2 Å². The van der Waals surface area contributed by atoms with Gasteiger partial charge in [-0.25, -0.2) is 0 Å². The molecule has 2 atom stereocenters. The molecule has 2 N–H and O–H groups in total. The van der Waals surface area contributed by atoms with Gasteiger partial charge in [-0.1, -0.05) is 20.3 Å². The lowest BCUT2D eigenvalue weighted by molar-refractivity contribution is -0.142. The number of hydrogen-bond donors (Lipinski definition) is 2. The van der Waals surface area contributed by atoms with Crippen LogP contribution in [0.4, 0.5) is 4.48 Å². The molecule has 0 saturated heterocycles. The van der Waals surface area contributed by atoms with Gasteiger partial charge in [0.2, 0.25) is 0 Å². The lowest BCUT2D eigenvalue weighted by Crippen LogP contribution is -2.37. The first-order chi connectivity index (χ1) is 4.63. The maximum Gasteiger partial charge on any atom is 0.323 e. The molecule has 0 rings (SSSR count). The van der Waals surface area contributed by atoms with E-state index in [0.29, 0.717) is 6.42 Å². The van der Waals surface area contributed by atoms with Gasteiger partial charge in [0, 0.05) is 0 Å². The van der Waals surface area contributed by atoms with Crippen molar-refractivity contribution in [1.82, 2.24) is 5.54 Å². The third-order valence-electron chi connectivity index (χ3n) is 1.60. The van der Waals surface area contributed by atoms with E-state index < -0.39 is 12.0 Å². The Kier molecular flexibility index (Phi) is 3.95. The quantitative estimate of drug-likeness (QED) is 0.585. The van der Waals surface area contributed by atoms with Gasteiger partial charge >= 0.3 is 5.97 Å². The summed E-state index contributed by atoms with van der Waals surface area (Å²) in [5.74, 6) is -1.32. The van der Waals surface area contributed by atoms with Gasteiger partial charge in [0.05, 0.1) is 0 Å². The van der Waals surface area contributed by atoms with E-state index in [0.717, 1.165) is 0 Å². The molecule has 0 aromatic rings. The lowest BCUT2D eigenvalue weighted by atomic mass is 10.0. The number of nitrogens with one attached hydrogen (secondary N) is 1. The number of hydrogen-bond acceptors (Lipinski definition) is 2. The zero-order valence-electron chi connectivity index (χ0n) is 6.10. The summed E-state index contributed by atoms with van der Waals surface area (Å²) in [5, 5.41) is 8.37. The highest BCUT2D eigenvalue weighted by atomic mass is 19.2. The molecule has 0 amide bonds. The molecule has 10 heavy (non-hydrogen) atoms. The van der Waals surface area contributed by atoms with Gasteiger partial charge < -0.3 is 5.11 Å². The monoisotopic (exact) mass is 149 g/mol. The van der Waals surface area contributed by atoms with Crippen molar-refractivity contribution < 1.29 is 14.4 Å². The Morgan fingerprint density at radius 3 is 2.40 bits per heavy atom. The molecule has 0 aliphatic heterocycles. The second-order valence-electron chi connectivity index (χ2n) is 2.31. The van der Waals surface area contributed by atoms with E-state index in [-0.39, 0.29) is 5.92 Å². The zero-order valence-corrected chi connectivity index (χ0v) is 6.10. The Bertz CT molecular complexity index is 118. The SMILES string of the molecule is CC[C@H](C)[C@H](NF)C(=O)O. The molecule has 0 spiro atoms. The molecular weight excluding hydrogens is 137 g/mol. The Morgan fingerprint density at radius 2 is 2.30 bits per heavy atom. The average molecular weight is 149 g/mol. The highest BCUT2D eigenvalue weighted by Crippen LogP contribution is 2.07. The molecule has 0 saturated carbocycles. The van der Waals surface area contributed by atoms with Crippen LogP contribution >= 0.6 is 0 Å². The number of carbonyl (C=O) groups is 1. The van der Waals surface area contributed by atoms with Crippen LogP contribution in [0.3, 0.4) is 0 Å². The van der Waals surface area contributed by atoms with Gasteiger partial charge in [0.15, 0.2) is 0 Å². The predicted molar refractivity (Wildman–Crippen MR) is 35.1 cm³/mol. The van der Waals surface area contributed by atoms with Crippen LogP contribution in [0.1, 0.15) is 20.3 Å². The van der Waals surface area contributed by atoms with E-state index in [1.54, 1.807) is 6.92 Å². The predicted octanol–water partition coefficient (Wildman–Crippen LogP) is 0.960. The largest absolute Gasteiger partial charge is 0.480 e. The maximum absolute atomic E-state index is 11.7. The van der Waals surface area contributed by atoms with Crippen molar-refractivity contribution in [3.05, 3.63) is 0 Å². The van der Waals surface area contributed by atoms with Gasteiger partial charge in [0.1, 0.15) is 6.04 Å². The molecular formula is C6H12FNO2. The molecule has 3 nitrogen and oxygen atoms in total. The van der Waals surface area contributed by atoms with Crippen molar-refractivity contribution in [2.45, 2.75) is 26.3 Å². The van der Waals surface area contributed by atoms with E-state index in [1.807, 2.05) is 6.92 Å². The van der Waals surface area contributed by atoms with Crippen LogP contribution in [-0.4, -0.2) is 17.1 Å². The van der Waals surface area contributed by atoms with Crippen LogP contribution in [0, 0.1) is 5.92 Å². The molecule has 0 unspecified atom stereocenters. The summed E-state index contributed by atoms with van der Waals surface area (Å²) in [5.41, 5.74) is 1.25. The smallest absolute Gasteiger partial charge is 0.323 e. The highest BCUT2D eigenvalue weighted by Gasteiger charge is 2.22. The second kappa shape index (κ2) is 4.22. The van der Waals surface area contributed by atoms with E-state index in [1.165, 1.54) is 5.54 Å². The fraction of sp³-hybridized carbons (Fsp3) is 0.833. The Balaban J connectivity index is 3.92. The van der Waals surface area contributed by atoms with Gasteiger partial charge in [-0.15, -0.1) is 10.0 Å². The van der Waals surface area contributed by atoms with Crippen molar-refractivity contribution >= 4 is 5.97 Å². The summed E-state index contributed by atoms with van der Waals surface area (Å²) >= 11 is 0. The minimum atomic E-state index is -1.14. The first kappa shape index (κ1) is 9.36. The third-order valence-corrected chi connectivity index (χ3v) is 1.60. The topological polar surface area (TPSA) is 49.3 Å². The van der Waals surface area contributed by atoms with Crippen molar-refractivity contribution in [2.24, 2.45) is 5.92 Å². The molecule has 0 aromatic carbocycles. The average Bonchev–Trinajstić information content (AvgIpc) is 1.88. The van der Waals surface area contributed by atoms with Crippen LogP contribution < -0.4 is 5.54 Å². The molecule has 0 aliphatic carbocycles. The maximum atomic E-state index is 11.7. The van der Waals surface area contributed by atoms with Crippen LogP contribution in [-0.2, 0) is 4.79 Å². The molecule has 0 fully saturated rings. The van der Waals surface area contributed by atoms with Gasteiger partial charge in [-0.2, -0.15) is 0 Å². The zero-order chi connectivity index (χ0) is 8.15. The fourth-order valence-corrected chi connectivity index (χ4v) is 0.633. The number of carboxylic acids is 1. The molecule has 0 bridgehead atoms. The number of halogens is 1. The molecule has 60 valence electrons. The molecule has 0 aromatic heterocycles. The standard InChI is InChI=1S/C6H12FNO2/c1-3-4(2)5(8-7)6(9)10/h4-5,8H,3H2,1-2H3,(H,9,10)/t4-,5-/m0/s1. The van der Waals surface area contributed by atoms with E-state index in [4.69, 9.17) is 5.11 Å². The van der Waals surface area contributed by atoms with E-state index in [9.17, 15) is 9.28 Å². The van der Waals surface area contributed by atoms with Crippen molar-refractivity contribution in [3.8, 4) is 0 Å². The minimum Gasteiger partial charge on any atom is -0.480 e. The first-order valence-electron chi connectivity index (χ1n) is 3.22. The summed E-state index contributed by atoms with van der Waals surface area (Å²) in [7, 11) is 0. The molecule has 0 heterocycles. The summed E-state index contributed by atoms with van der Waals surface area (Å²) < 4.78 is 11.7. The van der Waals surface area contributed by atoms with E-state index in [2.05, 4.69) is 0 Å². The Morgan fingerprint density at radius 1 is 1.80 bits per heavy atom. The minimum absolute atomic E-state index is 0.178. The summed E-state index contributed by atoms with van der Waals surface area (Å²) in [6.07, 6.45) is 0.647. The Hall–Kier alpha value is -0.640. The number of carboxylic acid groups (broad SMARTS) is 1. The van der Waals surface area contributed by atoms with Crippen molar-refractivity contribution in [1.29, 1.82) is 0 Å². The summed E-state index contributed by atoms with van der Waals surface area (Å²) in [6.45, 7) is 3.50. The number of aliphatic carboxylic acids is 1. The normalized spacial score (nSPS) is 16.3. The summed E-state index contributed by atoms with van der Waals surface area (Å²) in [4.78, 5) is 10.2. The molecule has 4 heteroatoms. The van der Waals surface area contributed by atoms with E-state index >= 15 is 0 Å². The van der Waals surface area contributed by atoms with Gasteiger partial charge in [0.25, 0.3) is 0 Å². The molecule has 0 aliphatic rings. The van der Waals surface area contributed by atoms with Gasteiger partial charge in [-0.3, -0.25) is 4.79 Å². The van der Waals surface area contributed by atoms with Crippen molar-refractivity contribution in [2.75, 3.05) is 0 Å². The third kappa shape index (κ3) is 2.31. The van der Waals surface area contributed by atoms with Crippen LogP contribution in [0.2, 0.25) is 0 Å². The summed E-state index contributed by atoms with van der Waals surface area (Å²) in [6, 6.07) is -1.06. The fourth-order valence-electron chi connectivity index (χ4n) is 0.633. The second-order valence-corrected chi connectivity index (χ2v) is 2.31. The van der Waals surface area contributed by atoms with Gasteiger partial charge in [-0.05, 0) is 5.92 Å². The highest BCUT2D eigenvalue weighted by molar-refractivity contribution is 5.73. The first-order valence-corrected chi connectivity index (χ1v) is 3.22. The van der Waals surface area contributed by atoms with Crippen LogP contribution in [0.25, 0.3) is 0 Å². The van der Waals surface area contributed by atoms with Crippen LogP contribution in [0.15, 0.2) is 0 Å². The van der Waals surface area contributed by atoms with Crippen molar-refractivity contribution in [3.63, 3.8) is 0 Å².